The number of carbonyl (C=O) groups is 1. The van der Waals surface area contributed by atoms with Gasteiger partial charge in [0.2, 0.25) is 0 Å². The summed E-state index contributed by atoms with van der Waals surface area (Å²) in [6.45, 7) is 12.6. The first-order chi connectivity index (χ1) is 9.70. The Kier molecular flexibility index (Phi) is 5.93. The molecular weight excluding hydrogens is 279 g/mol. The van der Waals surface area contributed by atoms with Gasteiger partial charge in [-0.15, -0.1) is 0 Å². The third-order valence-electron chi connectivity index (χ3n) is 3.71. The van der Waals surface area contributed by atoms with E-state index in [1.54, 1.807) is 0 Å². The van der Waals surface area contributed by atoms with Gasteiger partial charge in [-0.3, -0.25) is 4.79 Å². The molecule has 114 valence electrons. The number of benzene rings is 1. The van der Waals surface area contributed by atoms with Gasteiger partial charge in [0.05, 0.1) is 11.6 Å². The first-order valence-electron chi connectivity index (χ1n) is 7.34. The molecule has 0 aliphatic rings. The molecule has 1 aromatic rings. The van der Waals surface area contributed by atoms with Crippen LogP contribution in [-0.4, -0.2) is 31.6 Å². The minimum atomic E-state index is -1.25. The molecule has 0 spiro atoms. The number of anilines is 1. The second-order valence-corrected chi connectivity index (χ2v) is 11.4. The van der Waals surface area contributed by atoms with E-state index in [9.17, 15) is 4.79 Å². The Morgan fingerprint density at radius 2 is 1.81 bits per heavy atom. The van der Waals surface area contributed by atoms with Gasteiger partial charge in [0.25, 0.3) is 5.91 Å². The number of carbonyl (C=O) groups excluding carboxylic acids is 1. The summed E-state index contributed by atoms with van der Waals surface area (Å²) >= 11 is 0. The van der Waals surface area contributed by atoms with Crippen molar-refractivity contribution in [3.63, 3.8) is 0 Å². The predicted molar refractivity (Wildman–Crippen MR) is 92.6 cm³/mol. The Bertz CT molecular complexity index is 544. The number of nitrogens with one attached hydrogen (secondary N) is 1. The van der Waals surface area contributed by atoms with Gasteiger partial charge in [0.1, 0.15) is 5.66 Å². The van der Waals surface area contributed by atoms with Crippen molar-refractivity contribution in [3.05, 3.63) is 28.8 Å². The van der Waals surface area contributed by atoms with Crippen molar-refractivity contribution >= 4 is 18.9 Å². The van der Waals surface area contributed by atoms with Gasteiger partial charge in [-0.05, 0) is 43.5 Å². The van der Waals surface area contributed by atoms with E-state index in [0.29, 0.717) is 5.56 Å². The SMILES string of the molecule is CCCC(C(=O)Nc1c(C)cc(C#N)cc1C)[P+](C)(C)C. The fourth-order valence-electron chi connectivity index (χ4n) is 2.58. The smallest absolute Gasteiger partial charge is 0.265 e. The molecule has 0 radical (unpaired) electrons. The lowest BCUT2D eigenvalue weighted by atomic mass is 10.0. The highest BCUT2D eigenvalue weighted by Crippen LogP contribution is 2.54. The lowest BCUT2D eigenvalue weighted by Crippen LogP contribution is -2.30. The number of hydrogen-bond donors (Lipinski definition) is 1. The van der Waals surface area contributed by atoms with Crippen LogP contribution in [0.4, 0.5) is 5.69 Å². The summed E-state index contributed by atoms with van der Waals surface area (Å²) in [6, 6.07) is 5.80. The van der Waals surface area contributed by atoms with Gasteiger partial charge < -0.3 is 5.32 Å². The maximum atomic E-state index is 12.7. The zero-order valence-corrected chi connectivity index (χ0v) is 14.8. The monoisotopic (exact) mass is 305 g/mol. The first-order valence-corrected chi connectivity index (χ1v) is 10.5. The van der Waals surface area contributed by atoms with Crippen molar-refractivity contribution in [1.82, 2.24) is 0 Å². The van der Waals surface area contributed by atoms with Crippen molar-refractivity contribution in [2.45, 2.75) is 39.3 Å². The van der Waals surface area contributed by atoms with Crippen LogP contribution in [-0.2, 0) is 4.79 Å². The van der Waals surface area contributed by atoms with Gasteiger partial charge >= 0.3 is 0 Å². The van der Waals surface area contributed by atoms with E-state index in [0.717, 1.165) is 29.7 Å². The number of hydrogen-bond acceptors (Lipinski definition) is 2. The highest BCUT2D eigenvalue weighted by atomic mass is 31.2. The molecule has 0 heterocycles. The number of nitriles is 1. The van der Waals surface area contributed by atoms with Crippen LogP contribution in [0.3, 0.4) is 0 Å². The van der Waals surface area contributed by atoms with Gasteiger partial charge in [0.15, 0.2) is 0 Å². The average molecular weight is 305 g/mol. The second-order valence-electron chi connectivity index (χ2n) is 6.51. The standard InChI is InChI=1S/C17H25N2OP/c1-7-8-15(21(4,5)6)17(20)19-16-12(2)9-14(11-18)10-13(16)3/h9-10,15H,7-8H2,1-6H3/p+1. The summed E-state index contributed by atoms with van der Waals surface area (Å²) < 4.78 is 0. The highest BCUT2D eigenvalue weighted by molar-refractivity contribution is 7.75. The van der Waals surface area contributed by atoms with Crippen LogP contribution in [0.2, 0.25) is 0 Å². The number of amides is 1. The minimum absolute atomic E-state index is 0.0944. The van der Waals surface area contributed by atoms with Crippen molar-refractivity contribution in [2.24, 2.45) is 0 Å². The molecule has 0 aliphatic carbocycles. The van der Waals surface area contributed by atoms with E-state index >= 15 is 0 Å². The number of aryl methyl sites for hydroxylation is 2. The minimum Gasteiger partial charge on any atom is -0.322 e. The summed E-state index contributed by atoms with van der Waals surface area (Å²) in [6.07, 6.45) is 1.94. The van der Waals surface area contributed by atoms with Crippen molar-refractivity contribution in [3.8, 4) is 6.07 Å². The number of nitrogens with zero attached hydrogens (tertiary/aromatic N) is 1. The van der Waals surface area contributed by atoms with E-state index in [1.165, 1.54) is 0 Å². The van der Waals surface area contributed by atoms with Crippen LogP contribution in [0.5, 0.6) is 0 Å². The van der Waals surface area contributed by atoms with Gasteiger partial charge in [-0.2, -0.15) is 5.26 Å². The molecule has 0 aliphatic heterocycles. The molecule has 0 saturated heterocycles. The maximum Gasteiger partial charge on any atom is 0.265 e. The zero-order valence-electron chi connectivity index (χ0n) is 13.9. The summed E-state index contributed by atoms with van der Waals surface area (Å²) in [5.74, 6) is 0.119. The Morgan fingerprint density at radius 3 is 2.19 bits per heavy atom. The largest absolute Gasteiger partial charge is 0.322 e. The topological polar surface area (TPSA) is 52.9 Å². The van der Waals surface area contributed by atoms with E-state index in [2.05, 4.69) is 38.3 Å². The van der Waals surface area contributed by atoms with Crippen LogP contribution in [0.1, 0.15) is 36.5 Å². The summed E-state index contributed by atoms with van der Waals surface area (Å²) in [5.41, 5.74) is 3.48. The maximum absolute atomic E-state index is 12.7. The van der Waals surface area contributed by atoms with E-state index < -0.39 is 7.26 Å². The molecule has 1 aromatic carbocycles. The normalized spacial score (nSPS) is 12.6. The van der Waals surface area contributed by atoms with Crippen LogP contribution in [0, 0.1) is 25.2 Å². The van der Waals surface area contributed by atoms with Crippen LogP contribution in [0.25, 0.3) is 0 Å². The summed E-state index contributed by atoms with van der Waals surface area (Å²) in [5, 5.41) is 12.1. The molecular formula is C17H26N2OP+. The number of rotatable bonds is 5. The molecule has 1 atom stereocenters. The molecule has 1 rings (SSSR count). The molecule has 0 bridgehead atoms. The van der Waals surface area contributed by atoms with Crippen molar-refractivity contribution < 1.29 is 4.79 Å². The average Bonchev–Trinajstić information content (AvgIpc) is 2.38. The Labute approximate surface area is 129 Å². The van der Waals surface area contributed by atoms with Gasteiger partial charge in [-0.25, -0.2) is 0 Å². The Morgan fingerprint density at radius 1 is 1.29 bits per heavy atom. The fourth-order valence-corrected chi connectivity index (χ4v) is 4.38. The molecule has 1 N–H and O–H groups in total. The molecule has 4 heteroatoms. The molecule has 0 saturated carbocycles. The van der Waals surface area contributed by atoms with Crippen LogP contribution < -0.4 is 5.32 Å². The fraction of sp³-hybridized carbons (Fsp3) is 0.529. The Balaban J connectivity index is 3.05. The van der Waals surface area contributed by atoms with E-state index in [1.807, 2.05) is 26.0 Å². The quantitative estimate of drug-likeness (QED) is 0.829. The lowest BCUT2D eigenvalue weighted by Gasteiger charge is -2.24. The van der Waals surface area contributed by atoms with Gasteiger partial charge in [-0.1, -0.05) is 13.3 Å². The molecule has 1 unspecified atom stereocenters. The molecule has 3 nitrogen and oxygen atoms in total. The van der Waals surface area contributed by atoms with E-state index in [-0.39, 0.29) is 11.6 Å². The summed E-state index contributed by atoms with van der Waals surface area (Å²) in [4.78, 5) is 12.7. The van der Waals surface area contributed by atoms with Crippen LogP contribution >= 0.6 is 7.26 Å². The van der Waals surface area contributed by atoms with Crippen molar-refractivity contribution in [1.29, 1.82) is 5.26 Å². The van der Waals surface area contributed by atoms with E-state index in [4.69, 9.17) is 5.26 Å². The molecule has 1 amide bonds. The molecule has 0 aromatic heterocycles. The van der Waals surface area contributed by atoms with Crippen molar-refractivity contribution in [2.75, 3.05) is 25.3 Å². The Hall–Kier alpha value is -1.39. The third kappa shape index (κ3) is 4.55. The first kappa shape index (κ1) is 17.7. The second kappa shape index (κ2) is 7.05. The predicted octanol–water partition coefficient (Wildman–Crippen LogP) is 4.19. The lowest BCUT2D eigenvalue weighted by molar-refractivity contribution is -0.116. The summed E-state index contributed by atoms with van der Waals surface area (Å²) in [7, 11) is -1.25. The van der Waals surface area contributed by atoms with Gasteiger partial charge in [0, 0.05) is 32.9 Å². The molecule has 0 fully saturated rings. The molecule has 21 heavy (non-hydrogen) atoms. The zero-order chi connectivity index (χ0) is 16.2. The van der Waals surface area contributed by atoms with Crippen LogP contribution in [0.15, 0.2) is 12.1 Å². The third-order valence-corrected chi connectivity index (χ3v) is 6.07. The highest BCUT2D eigenvalue weighted by Gasteiger charge is 2.37.